The predicted octanol–water partition coefficient (Wildman–Crippen LogP) is 4.35. The van der Waals surface area contributed by atoms with Crippen molar-refractivity contribution in [2.24, 2.45) is 0 Å². The van der Waals surface area contributed by atoms with Crippen LogP contribution in [0, 0.1) is 0 Å². The van der Waals surface area contributed by atoms with Gasteiger partial charge in [0.2, 0.25) is 0 Å². The molecular weight excluding hydrogens is 624 g/mol. The molecule has 4 aromatic carbocycles. The summed E-state index contributed by atoms with van der Waals surface area (Å²) in [6, 6.07) is 31.6. The van der Waals surface area contributed by atoms with E-state index in [0.29, 0.717) is 0 Å². The van der Waals surface area contributed by atoms with Crippen molar-refractivity contribution in [2.75, 3.05) is 13.2 Å². The van der Waals surface area contributed by atoms with Gasteiger partial charge >= 0.3 is 29.8 Å². The summed E-state index contributed by atoms with van der Waals surface area (Å²) >= 11 is 0. The molecule has 0 amide bonds. The van der Waals surface area contributed by atoms with E-state index >= 15 is 0 Å². The number of carboxylic acid groups (broad SMARTS) is 1. The Kier molecular flexibility index (Phi) is 11.3. The van der Waals surface area contributed by atoms with Gasteiger partial charge in [-0.1, -0.05) is 72.8 Å². The zero-order valence-corrected chi connectivity index (χ0v) is 25.3. The van der Waals surface area contributed by atoms with Gasteiger partial charge < -0.3 is 33.5 Å². The molecule has 246 valence electrons. The SMILES string of the molecule is O=C(O)COC1O[C@H](COC(=O)c2ccccc2)[C@@H](OC(=O)c2ccccc2)[C@H](OC(=O)c2ccccc2)[C@H]1OC(=O)c1ccccc1. The number of hydrogen-bond donors (Lipinski definition) is 1. The molecule has 1 fully saturated rings. The van der Waals surface area contributed by atoms with E-state index in [4.69, 9.17) is 28.4 Å². The molecule has 1 unspecified atom stereocenters. The summed E-state index contributed by atoms with van der Waals surface area (Å²) in [7, 11) is 0. The molecule has 4 aromatic rings. The highest BCUT2D eigenvalue weighted by Gasteiger charge is 2.53. The highest BCUT2D eigenvalue weighted by molar-refractivity contribution is 5.91. The number of carbonyl (C=O) groups is 5. The molecule has 12 heteroatoms. The van der Waals surface area contributed by atoms with Gasteiger partial charge in [-0.2, -0.15) is 0 Å². The first-order valence-corrected chi connectivity index (χ1v) is 14.8. The maximum atomic E-state index is 13.5. The van der Waals surface area contributed by atoms with Crippen LogP contribution in [0.3, 0.4) is 0 Å². The number of rotatable bonds is 12. The monoisotopic (exact) mass is 654 g/mol. The Morgan fingerprint density at radius 2 is 0.896 bits per heavy atom. The smallest absolute Gasteiger partial charge is 0.338 e. The number of hydrogen-bond acceptors (Lipinski definition) is 11. The molecule has 0 radical (unpaired) electrons. The Balaban J connectivity index is 1.54. The van der Waals surface area contributed by atoms with Crippen LogP contribution < -0.4 is 0 Å². The summed E-state index contributed by atoms with van der Waals surface area (Å²) in [4.78, 5) is 64.7. The van der Waals surface area contributed by atoms with E-state index in [0.717, 1.165) is 0 Å². The average Bonchev–Trinajstić information content (AvgIpc) is 3.13. The third-order valence-corrected chi connectivity index (χ3v) is 7.11. The molecule has 5 atom stereocenters. The maximum Gasteiger partial charge on any atom is 0.338 e. The predicted molar refractivity (Wildman–Crippen MR) is 166 cm³/mol. The van der Waals surface area contributed by atoms with Crippen molar-refractivity contribution in [3.63, 3.8) is 0 Å². The summed E-state index contributed by atoms with van der Waals surface area (Å²) in [5, 5.41) is 9.40. The van der Waals surface area contributed by atoms with Crippen molar-refractivity contribution in [2.45, 2.75) is 30.7 Å². The summed E-state index contributed by atoms with van der Waals surface area (Å²) in [5.41, 5.74) is 0.568. The molecule has 1 heterocycles. The number of aliphatic carboxylic acids is 1. The van der Waals surface area contributed by atoms with E-state index in [2.05, 4.69) is 0 Å². The van der Waals surface area contributed by atoms with Crippen molar-refractivity contribution in [3.8, 4) is 0 Å². The zero-order valence-electron chi connectivity index (χ0n) is 25.3. The highest BCUT2D eigenvalue weighted by Crippen LogP contribution is 2.31. The van der Waals surface area contributed by atoms with Crippen LogP contribution in [0.25, 0.3) is 0 Å². The number of carbonyl (C=O) groups excluding carboxylic acids is 4. The second-order valence-corrected chi connectivity index (χ2v) is 10.4. The Labute approximate surface area is 274 Å². The summed E-state index contributed by atoms with van der Waals surface area (Å²) in [6.07, 6.45) is -7.96. The third-order valence-electron chi connectivity index (χ3n) is 7.11. The fourth-order valence-corrected chi connectivity index (χ4v) is 4.81. The van der Waals surface area contributed by atoms with Crippen LogP contribution in [0.15, 0.2) is 121 Å². The van der Waals surface area contributed by atoms with E-state index in [1.165, 1.54) is 48.5 Å². The summed E-state index contributed by atoms with van der Waals surface area (Å²) < 4.78 is 34.6. The summed E-state index contributed by atoms with van der Waals surface area (Å²) in [6.45, 7) is -1.47. The minimum atomic E-state index is -1.69. The van der Waals surface area contributed by atoms with Gasteiger partial charge in [-0.25, -0.2) is 24.0 Å². The van der Waals surface area contributed by atoms with Crippen LogP contribution in [0.1, 0.15) is 41.4 Å². The van der Waals surface area contributed by atoms with Gasteiger partial charge in [-0.15, -0.1) is 0 Å². The van der Waals surface area contributed by atoms with Crippen molar-refractivity contribution in [3.05, 3.63) is 144 Å². The molecule has 0 saturated carbocycles. The van der Waals surface area contributed by atoms with Crippen molar-refractivity contribution < 1.29 is 57.5 Å². The molecular formula is C36H30O12. The fourth-order valence-electron chi connectivity index (χ4n) is 4.81. The standard InChI is InChI=1S/C36H30O12/c37-28(38)22-44-36-31(48-35(42)26-19-11-4-12-20-26)30(47-34(41)25-17-9-3-10-18-25)29(46-33(40)24-15-7-2-8-16-24)27(45-36)21-43-32(39)23-13-5-1-6-14-23/h1-20,27,29-31,36H,21-22H2,(H,37,38)/t27-,29-,30+,31-,36?/m1/s1. The van der Waals surface area contributed by atoms with E-state index < -0.39 is 73.8 Å². The third kappa shape index (κ3) is 8.69. The quantitative estimate of drug-likeness (QED) is 0.170. The van der Waals surface area contributed by atoms with E-state index in [1.807, 2.05) is 0 Å². The van der Waals surface area contributed by atoms with Crippen molar-refractivity contribution in [1.82, 2.24) is 0 Å². The molecule has 12 nitrogen and oxygen atoms in total. The number of esters is 4. The van der Waals surface area contributed by atoms with Crippen LogP contribution in [-0.4, -0.2) is 78.9 Å². The lowest BCUT2D eigenvalue weighted by Crippen LogP contribution is -2.63. The first-order chi connectivity index (χ1) is 23.3. The first-order valence-electron chi connectivity index (χ1n) is 14.8. The van der Waals surface area contributed by atoms with Gasteiger partial charge in [0.1, 0.15) is 19.3 Å². The van der Waals surface area contributed by atoms with E-state index in [-0.39, 0.29) is 22.3 Å². The molecule has 0 aromatic heterocycles. The van der Waals surface area contributed by atoms with Crippen LogP contribution in [0.5, 0.6) is 0 Å². The lowest BCUT2D eigenvalue weighted by Gasteiger charge is -2.44. The molecule has 1 aliphatic heterocycles. The second kappa shape index (κ2) is 16.1. The topological polar surface area (TPSA) is 161 Å². The zero-order chi connectivity index (χ0) is 33.9. The lowest BCUT2D eigenvalue weighted by atomic mass is 9.97. The van der Waals surface area contributed by atoms with Crippen molar-refractivity contribution in [1.29, 1.82) is 0 Å². The minimum absolute atomic E-state index is 0.111. The van der Waals surface area contributed by atoms with Gasteiger partial charge in [0.05, 0.1) is 22.3 Å². The van der Waals surface area contributed by atoms with Gasteiger partial charge in [-0.3, -0.25) is 0 Å². The molecule has 1 N–H and O–H groups in total. The van der Waals surface area contributed by atoms with Gasteiger partial charge in [0.25, 0.3) is 0 Å². The number of carboxylic acids is 1. The number of ether oxygens (including phenoxy) is 6. The largest absolute Gasteiger partial charge is 0.480 e. The maximum absolute atomic E-state index is 13.5. The Morgan fingerprint density at radius 3 is 1.31 bits per heavy atom. The fraction of sp³-hybridized carbons (Fsp3) is 0.194. The Morgan fingerprint density at radius 1 is 0.521 bits per heavy atom. The van der Waals surface area contributed by atoms with Gasteiger partial charge in [-0.05, 0) is 48.5 Å². The average molecular weight is 655 g/mol. The van der Waals surface area contributed by atoms with E-state index in [1.54, 1.807) is 72.8 Å². The van der Waals surface area contributed by atoms with Crippen LogP contribution in [-0.2, 0) is 33.2 Å². The first kappa shape index (κ1) is 33.5. The number of benzene rings is 4. The van der Waals surface area contributed by atoms with Crippen LogP contribution in [0.4, 0.5) is 0 Å². The highest BCUT2D eigenvalue weighted by atomic mass is 16.7. The Hall–Kier alpha value is -5.85. The normalized spacial score (nSPS) is 20.1. The van der Waals surface area contributed by atoms with Gasteiger partial charge in [0, 0.05) is 0 Å². The minimum Gasteiger partial charge on any atom is -0.480 e. The molecule has 0 aliphatic carbocycles. The molecule has 0 spiro atoms. The lowest BCUT2D eigenvalue weighted by molar-refractivity contribution is -0.297. The van der Waals surface area contributed by atoms with Gasteiger partial charge in [0.15, 0.2) is 24.6 Å². The summed E-state index contributed by atoms with van der Waals surface area (Å²) in [5.74, 6) is -4.76. The van der Waals surface area contributed by atoms with Crippen molar-refractivity contribution >= 4 is 29.8 Å². The molecule has 48 heavy (non-hydrogen) atoms. The van der Waals surface area contributed by atoms with Crippen LogP contribution >= 0.6 is 0 Å². The van der Waals surface area contributed by atoms with Crippen LogP contribution in [0.2, 0.25) is 0 Å². The second-order valence-electron chi connectivity index (χ2n) is 10.4. The molecule has 5 rings (SSSR count). The molecule has 1 saturated heterocycles. The molecule has 1 aliphatic rings. The Bertz CT molecular complexity index is 1700. The van der Waals surface area contributed by atoms with E-state index in [9.17, 15) is 29.1 Å². The molecule has 0 bridgehead atoms.